The van der Waals surface area contributed by atoms with E-state index in [4.69, 9.17) is 17.3 Å². The molecule has 3 N–H and O–H groups in total. The van der Waals surface area contributed by atoms with Gasteiger partial charge in [-0.25, -0.2) is 0 Å². The van der Waals surface area contributed by atoms with Crippen molar-refractivity contribution in [2.75, 3.05) is 18.0 Å². The molecule has 1 unspecified atom stereocenters. The third-order valence-corrected chi connectivity index (χ3v) is 3.96. The molecule has 1 atom stereocenters. The van der Waals surface area contributed by atoms with Crippen LogP contribution in [0.1, 0.15) is 13.8 Å². The van der Waals surface area contributed by atoms with Gasteiger partial charge in [-0.3, -0.25) is 9.00 Å². The molecule has 0 radical (unpaired) electrons. The number of nitrogen functional groups attached to an aromatic ring is 1. The van der Waals surface area contributed by atoms with Crippen molar-refractivity contribution in [3.8, 4) is 0 Å². The van der Waals surface area contributed by atoms with Crippen molar-refractivity contribution < 1.29 is 9.00 Å². The second-order valence-electron chi connectivity index (χ2n) is 4.38. The number of amides is 1. The first-order valence-electron chi connectivity index (χ1n) is 5.60. The molecule has 1 amide bonds. The Morgan fingerprint density at radius 3 is 2.78 bits per heavy atom. The molecule has 6 heteroatoms. The fourth-order valence-corrected chi connectivity index (χ4v) is 2.68. The van der Waals surface area contributed by atoms with Crippen molar-refractivity contribution >= 4 is 34.0 Å². The first-order chi connectivity index (χ1) is 8.40. The minimum absolute atomic E-state index is 0.101. The van der Waals surface area contributed by atoms with Gasteiger partial charge >= 0.3 is 0 Å². The summed E-state index contributed by atoms with van der Waals surface area (Å²) in [6.45, 7) is 4.55. The maximum absolute atomic E-state index is 12.0. The number of hydrogen-bond donors (Lipinski definition) is 2. The van der Waals surface area contributed by atoms with Gasteiger partial charge in [-0.15, -0.1) is 0 Å². The van der Waals surface area contributed by atoms with E-state index in [1.165, 1.54) is 6.07 Å². The molecule has 0 saturated heterocycles. The SMILES string of the molecule is CC(C)CNC(=O)CS(=O)c1cc(N)ccc1Cl. The number of hydrogen-bond acceptors (Lipinski definition) is 3. The van der Waals surface area contributed by atoms with Gasteiger partial charge in [0.05, 0.1) is 20.7 Å². The van der Waals surface area contributed by atoms with Crippen LogP contribution >= 0.6 is 11.6 Å². The van der Waals surface area contributed by atoms with Crippen LogP contribution in [0, 0.1) is 5.92 Å². The van der Waals surface area contributed by atoms with Crippen LogP contribution in [-0.2, 0) is 15.6 Å². The van der Waals surface area contributed by atoms with Gasteiger partial charge in [0.15, 0.2) is 0 Å². The lowest BCUT2D eigenvalue weighted by Gasteiger charge is -2.08. The normalized spacial score (nSPS) is 12.4. The van der Waals surface area contributed by atoms with Crippen LogP contribution in [0.25, 0.3) is 0 Å². The van der Waals surface area contributed by atoms with Gasteiger partial charge in [0.25, 0.3) is 0 Å². The van der Waals surface area contributed by atoms with Crippen molar-refractivity contribution in [3.05, 3.63) is 23.2 Å². The first-order valence-corrected chi connectivity index (χ1v) is 7.30. The van der Waals surface area contributed by atoms with E-state index >= 15 is 0 Å². The molecule has 0 saturated carbocycles. The Kier molecular flexibility index (Phi) is 5.62. The predicted octanol–water partition coefficient (Wildman–Crippen LogP) is 1.80. The average Bonchev–Trinajstić information content (AvgIpc) is 2.29. The van der Waals surface area contributed by atoms with Gasteiger partial charge in [0.1, 0.15) is 5.75 Å². The van der Waals surface area contributed by atoms with E-state index in [0.717, 1.165) is 0 Å². The van der Waals surface area contributed by atoms with E-state index in [1.807, 2.05) is 13.8 Å². The van der Waals surface area contributed by atoms with Gasteiger partial charge < -0.3 is 11.1 Å². The molecule has 100 valence electrons. The first kappa shape index (κ1) is 15.0. The van der Waals surface area contributed by atoms with Gasteiger partial charge in [-0.1, -0.05) is 25.4 Å². The highest BCUT2D eigenvalue weighted by atomic mass is 35.5. The number of nitrogens with two attached hydrogens (primary N) is 1. The standard InChI is InChI=1S/C12H17ClN2O2S/c1-8(2)6-15-12(16)7-18(17)11-5-9(14)3-4-10(11)13/h3-5,8H,6-7,14H2,1-2H3,(H,15,16). The van der Waals surface area contributed by atoms with Gasteiger partial charge in [-0.05, 0) is 24.1 Å². The summed E-state index contributed by atoms with van der Waals surface area (Å²) in [7, 11) is -1.47. The second kappa shape index (κ2) is 6.75. The minimum atomic E-state index is -1.47. The summed E-state index contributed by atoms with van der Waals surface area (Å²) in [4.78, 5) is 11.9. The summed E-state index contributed by atoms with van der Waals surface area (Å²) in [5, 5.41) is 3.07. The Hall–Kier alpha value is -1.07. The number of carbonyl (C=O) groups is 1. The average molecular weight is 289 g/mol. The zero-order chi connectivity index (χ0) is 13.7. The molecule has 4 nitrogen and oxygen atoms in total. The summed E-state index contributed by atoms with van der Waals surface area (Å²) >= 11 is 5.92. The van der Waals surface area contributed by atoms with Crippen molar-refractivity contribution in [1.82, 2.24) is 5.32 Å². The molecule has 0 bridgehead atoms. The highest BCUT2D eigenvalue weighted by Gasteiger charge is 2.13. The van der Waals surface area contributed by atoms with Crippen LogP contribution in [0.5, 0.6) is 0 Å². The lowest BCUT2D eigenvalue weighted by Crippen LogP contribution is -2.31. The van der Waals surface area contributed by atoms with E-state index in [-0.39, 0.29) is 11.7 Å². The van der Waals surface area contributed by atoms with Gasteiger partial charge in [0.2, 0.25) is 5.91 Å². The number of carbonyl (C=O) groups excluding carboxylic acids is 1. The molecule has 0 spiro atoms. The number of benzene rings is 1. The molecule has 0 aliphatic carbocycles. The highest BCUT2D eigenvalue weighted by molar-refractivity contribution is 7.85. The summed E-state index contributed by atoms with van der Waals surface area (Å²) in [5.41, 5.74) is 6.08. The monoisotopic (exact) mass is 288 g/mol. The topological polar surface area (TPSA) is 72.2 Å². The van der Waals surface area contributed by atoms with E-state index in [9.17, 15) is 9.00 Å². The Bertz CT molecular complexity index is 463. The summed E-state index contributed by atoms with van der Waals surface area (Å²) in [6, 6.07) is 4.74. The second-order valence-corrected chi connectivity index (χ2v) is 6.20. The number of nitrogens with one attached hydrogen (secondary N) is 1. The summed E-state index contributed by atoms with van der Waals surface area (Å²) in [5.74, 6) is 0.00877. The quantitative estimate of drug-likeness (QED) is 0.812. The maximum Gasteiger partial charge on any atom is 0.233 e. The lowest BCUT2D eigenvalue weighted by atomic mass is 10.2. The molecule has 0 fully saturated rings. The molecule has 0 aromatic heterocycles. The minimum Gasteiger partial charge on any atom is -0.399 e. The van der Waals surface area contributed by atoms with Crippen LogP contribution in [0.2, 0.25) is 5.02 Å². The van der Waals surface area contributed by atoms with Crippen molar-refractivity contribution in [2.45, 2.75) is 18.7 Å². The third kappa shape index (κ3) is 4.66. The molecule has 0 heterocycles. The largest absolute Gasteiger partial charge is 0.399 e. The van der Waals surface area contributed by atoms with Crippen LogP contribution in [0.15, 0.2) is 23.1 Å². The summed E-state index contributed by atoms with van der Waals surface area (Å²) < 4.78 is 12.0. The number of rotatable bonds is 5. The van der Waals surface area contributed by atoms with Crippen molar-refractivity contribution in [3.63, 3.8) is 0 Å². The molecule has 1 aromatic carbocycles. The molecular weight excluding hydrogens is 272 g/mol. The maximum atomic E-state index is 12.0. The van der Waals surface area contributed by atoms with Gasteiger partial charge in [-0.2, -0.15) is 0 Å². The Labute approximate surface area is 114 Å². The van der Waals surface area contributed by atoms with Crippen molar-refractivity contribution in [2.24, 2.45) is 5.92 Å². The Morgan fingerprint density at radius 2 is 2.17 bits per heavy atom. The van der Waals surface area contributed by atoms with E-state index in [0.29, 0.717) is 28.1 Å². The molecule has 1 rings (SSSR count). The molecular formula is C12H17ClN2O2S. The fraction of sp³-hybridized carbons (Fsp3) is 0.417. The van der Waals surface area contributed by atoms with Crippen LogP contribution < -0.4 is 11.1 Å². The van der Waals surface area contributed by atoms with Crippen LogP contribution in [-0.4, -0.2) is 22.4 Å². The Morgan fingerprint density at radius 1 is 1.50 bits per heavy atom. The fourth-order valence-electron chi connectivity index (χ4n) is 1.26. The van der Waals surface area contributed by atoms with E-state index in [2.05, 4.69) is 5.32 Å². The van der Waals surface area contributed by atoms with Crippen LogP contribution in [0.3, 0.4) is 0 Å². The molecule has 1 aromatic rings. The molecule has 0 aliphatic rings. The predicted molar refractivity (Wildman–Crippen MR) is 75.0 cm³/mol. The van der Waals surface area contributed by atoms with E-state index < -0.39 is 10.8 Å². The smallest absolute Gasteiger partial charge is 0.233 e. The number of anilines is 1. The number of halogens is 1. The van der Waals surface area contributed by atoms with Gasteiger partial charge in [0, 0.05) is 12.2 Å². The third-order valence-electron chi connectivity index (χ3n) is 2.17. The zero-order valence-electron chi connectivity index (χ0n) is 10.4. The summed E-state index contributed by atoms with van der Waals surface area (Å²) in [6.07, 6.45) is 0. The van der Waals surface area contributed by atoms with Crippen molar-refractivity contribution in [1.29, 1.82) is 0 Å². The Balaban J connectivity index is 2.65. The zero-order valence-corrected chi connectivity index (χ0v) is 12.0. The molecule has 18 heavy (non-hydrogen) atoms. The highest BCUT2D eigenvalue weighted by Crippen LogP contribution is 2.22. The van der Waals surface area contributed by atoms with Crippen LogP contribution in [0.4, 0.5) is 5.69 Å². The van der Waals surface area contributed by atoms with E-state index in [1.54, 1.807) is 12.1 Å². The molecule has 0 aliphatic heterocycles. The lowest BCUT2D eigenvalue weighted by molar-refractivity contribution is -0.118.